The second kappa shape index (κ2) is 5.32. The number of aryl methyl sites for hydroxylation is 1. The molecule has 1 N–H and O–H groups in total. The Morgan fingerprint density at radius 1 is 1.10 bits per heavy atom. The first kappa shape index (κ1) is 13.2. The van der Waals surface area contributed by atoms with Crippen molar-refractivity contribution < 1.29 is 9.18 Å². The molecule has 0 spiro atoms. The predicted octanol–water partition coefficient (Wildman–Crippen LogP) is 3.93. The van der Waals surface area contributed by atoms with Crippen LogP contribution in [0.15, 0.2) is 54.6 Å². The molecule has 0 bridgehead atoms. The number of fused-ring (bicyclic) bond motifs is 1. The summed E-state index contributed by atoms with van der Waals surface area (Å²) in [6.45, 7) is 1.67. The van der Waals surface area contributed by atoms with Crippen LogP contribution in [0.2, 0.25) is 0 Å². The quantitative estimate of drug-likeness (QED) is 0.772. The van der Waals surface area contributed by atoms with Gasteiger partial charge in [0.15, 0.2) is 0 Å². The molecule has 3 nitrogen and oxygen atoms in total. The van der Waals surface area contributed by atoms with E-state index in [9.17, 15) is 9.18 Å². The number of hydrogen-bond donors (Lipinski definition) is 1. The Bertz CT molecular complexity index is 830. The highest BCUT2D eigenvalue weighted by Gasteiger charge is 2.09. The van der Waals surface area contributed by atoms with Crippen LogP contribution >= 0.6 is 0 Å². The summed E-state index contributed by atoms with van der Waals surface area (Å²) >= 11 is 0. The van der Waals surface area contributed by atoms with Crippen molar-refractivity contribution in [3.8, 4) is 0 Å². The second-order valence-corrected chi connectivity index (χ2v) is 4.81. The molecule has 0 aliphatic heterocycles. The first-order chi connectivity index (χ1) is 10.1. The number of pyridine rings is 1. The number of nitrogens with one attached hydrogen (secondary N) is 1. The maximum atomic E-state index is 13.5. The molecular formula is C17H13FN2O. The van der Waals surface area contributed by atoms with Gasteiger partial charge in [0.2, 0.25) is 0 Å². The number of halogens is 1. The van der Waals surface area contributed by atoms with Gasteiger partial charge in [0.25, 0.3) is 5.91 Å². The highest BCUT2D eigenvalue weighted by molar-refractivity contribution is 6.04. The zero-order valence-electron chi connectivity index (χ0n) is 11.4. The highest BCUT2D eigenvalue weighted by atomic mass is 19.1. The Hall–Kier alpha value is -2.75. The molecule has 3 aromatic rings. The van der Waals surface area contributed by atoms with Gasteiger partial charge in [-0.05, 0) is 36.8 Å². The van der Waals surface area contributed by atoms with Crippen molar-refractivity contribution in [2.75, 3.05) is 5.32 Å². The Kier molecular flexibility index (Phi) is 3.36. The zero-order valence-corrected chi connectivity index (χ0v) is 11.4. The fourth-order valence-electron chi connectivity index (χ4n) is 2.06. The van der Waals surface area contributed by atoms with E-state index in [-0.39, 0.29) is 11.7 Å². The summed E-state index contributed by atoms with van der Waals surface area (Å²) < 4.78 is 13.5. The molecule has 0 fully saturated rings. The molecule has 1 amide bonds. The van der Waals surface area contributed by atoms with Gasteiger partial charge in [-0.1, -0.05) is 30.3 Å². The minimum absolute atomic E-state index is 0.301. The van der Waals surface area contributed by atoms with E-state index < -0.39 is 0 Å². The van der Waals surface area contributed by atoms with Crippen molar-refractivity contribution >= 4 is 22.5 Å². The second-order valence-electron chi connectivity index (χ2n) is 4.81. The van der Waals surface area contributed by atoms with Gasteiger partial charge in [0.1, 0.15) is 11.5 Å². The van der Waals surface area contributed by atoms with Gasteiger partial charge in [-0.2, -0.15) is 0 Å². The van der Waals surface area contributed by atoms with Crippen molar-refractivity contribution in [1.82, 2.24) is 4.98 Å². The van der Waals surface area contributed by atoms with Gasteiger partial charge >= 0.3 is 0 Å². The van der Waals surface area contributed by atoms with Gasteiger partial charge in [0, 0.05) is 11.1 Å². The first-order valence-electron chi connectivity index (χ1n) is 6.57. The molecule has 0 saturated heterocycles. The van der Waals surface area contributed by atoms with E-state index in [1.807, 2.05) is 30.3 Å². The van der Waals surface area contributed by atoms with E-state index in [1.54, 1.807) is 25.1 Å². The summed E-state index contributed by atoms with van der Waals surface area (Å²) in [4.78, 5) is 16.5. The third-order valence-electron chi connectivity index (χ3n) is 3.26. The number of carbonyl (C=O) groups is 1. The van der Waals surface area contributed by atoms with Gasteiger partial charge in [-0.25, -0.2) is 9.37 Å². The molecule has 0 saturated carbocycles. The molecule has 0 aliphatic rings. The standard InChI is InChI=1S/C17H13FN2O/c1-11-6-8-13(10-14(11)18)19-17(21)16-9-7-12-4-2-3-5-15(12)20-16/h2-10H,1H3,(H,19,21). The third kappa shape index (κ3) is 2.74. The number of hydrogen-bond acceptors (Lipinski definition) is 2. The Labute approximate surface area is 121 Å². The molecule has 21 heavy (non-hydrogen) atoms. The molecule has 0 aliphatic carbocycles. The number of aromatic nitrogens is 1. The SMILES string of the molecule is Cc1ccc(NC(=O)c2ccc3ccccc3n2)cc1F. The van der Waals surface area contributed by atoms with Crippen molar-refractivity contribution in [1.29, 1.82) is 0 Å². The lowest BCUT2D eigenvalue weighted by Gasteiger charge is -2.06. The fraction of sp³-hybridized carbons (Fsp3) is 0.0588. The van der Waals surface area contributed by atoms with Crippen LogP contribution < -0.4 is 5.32 Å². The van der Waals surface area contributed by atoms with Gasteiger partial charge in [-0.3, -0.25) is 4.79 Å². The first-order valence-corrected chi connectivity index (χ1v) is 6.57. The molecule has 1 heterocycles. The summed E-state index contributed by atoms with van der Waals surface area (Å²) in [5.74, 6) is -0.705. The van der Waals surface area contributed by atoms with Crippen molar-refractivity contribution in [2.45, 2.75) is 6.92 Å². The van der Waals surface area contributed by atoms with Crippen LogP contribution in [0.3, 0.4) is 0 Å². The molecule has 2 aromatic carbocycles. The fourth-order valence-corrected chi connectivity index (χ4v) is 2.06. The summed E-state index contributed by atoms with van der Waals surface area (Å²) in [7, 11) is 0. The minimum Gasteiger partial charge on any atom is -0.321 e. The van der Waals surface area contributed by atoms with Crippen LogP contribution in [0, 0.1) is 12.7 Å². The average Bonchev–Trinajstić information content (AvgIpc) is 2.50. The molecular weight excluding hydrogens is 267 g/mol. The Morgan fingerprint density at radius 3 is 2.71 bits per heavy atom. The topological polar surface area (TPSA) is 42.0 Å². The van der Waals surface area contributed by atoms with Crippen LogP contribution in [0.4, 0.5) is 10.1 Å². The number of para-hydroxylation sites is 1. The van der Waals surface area contributed by atoms with E-state index in [0.29, 0.717) is 16.9 Å². The normalized spacial score (nSPS) is 10.6. The zero-order chi connectivity index (χ0) is 14.8. The Morgan fingerprint density at radius 2 is 1.90 bits per heavy atom. The molecule has 104 valence electrons. The van der Waals surface area contributed by atoms with E-state index in [1.165, 1.54) is 6.07 Å². The summed E-state index contributed by atoms with van der Waals surface area (Å²) in [5, 5.41) is 3.62. The number of anilines is 1. The molecule has 0 radical (unpaired) electrons. The average molecular weight is 280 g/mol. The van der Waals surface area contributed by atoms with Crippen LogP contribution in [0.25, 0.3) is 10.9 Å². The largest absolute Gasteiger partial charge is 0.321 e. The monoisotopic (exact) mass is 280 g/mol. The van der Waals surface area contributed by atoms with E-state index in [0.717, 1.165) is 10.9 Å². The number of amides is 1. The van der Waals surface area contributed by atoms with Crippen LogP contribution in [-0.2, 0) is 0 Å². The van der Waals surface area contributed by atoms with Gasteiger partial charge in [0.05, 0.1) is 5.52 Å². The van der Waals surface area contributed by atoms with Crippen molar-refractivity contribution in [3.05, 3.63) is 71.7 Å². The van der Waals surface area contributed by atoms with Crippen LogP contribution in [0.1, 0.15) is 16.1 Å². The highest BCUT2D eigenvalue weighted by Crippen LogP contribution is 2.16. The number of carbonyl (C=O) groups excluding carboxylic acids is 1. The van der Waals surface area contributed by atoms with E-state index in [2.05, 4.69) is 10.3 Å². The molecule has 4 heteroatoms. The van der Waals surface area contributed by atoms with Gasteiger partial charge in [-0.15, -0.1) is 0 Å². The number of nitrogens with zero attached hydrogens (tertiary/aromatic N) is 1. The van der Waals surface area contributed by atoms with Crippen molar-refractivity contribution in [3.63, 3.8) is 0 Å². The third-order valence-corrected chi connectivity index (χ3v) is 3.26. The lowest BCUT2D eigenvalue weighted by atomic mass is 10.2. The number of benzene rings is 2. The predicted molar refractivity (Wildman–Crippen MR) is 80.8 cm³/mol. The summed E-state index contributed by atoms with van der Waals surface area (Å²) in [5.41, 5.74) is 2.00. The minimum atomic E-state index is -0.357. The van der Waals surface area contributed by atoms with Crippen molar-refractivity contribution in [2.24, 2.45) is 0 Å². The van der Waals surface area contributed by atoms with Crippen LogP contribution in [-0.4, -0.2) is 10.9 Å². The molecule has 0 unspecified atom stereocenters. The summed E-state index contributed by atoms with van der Waals surface area (Å²) in [6.07, 6.45) is 0. The van der Waals surface area contributed by atoms with Crippen LogP contribution in [0.5, 0.6) is 0 Å². The molecule has 1 aromatic heterocycles. The maximum absolute atomic E-state index is 13.5. The smallest absolute Gasteiger partial charge is 0.274 e. The molecule has 0 atom stereocenters. The molecule has 3 rings (SSSR count). The maximum Gasteiger partial charge on any atom is 0.274 e. The lowest BCUT2D eigenvalue weighted by Crippen LogP contribution is -2.13. The van der Waals surface area contributed by atoms with E-state index in [4.69, 9.17) is 0 Å². The van der Waals surface area contributed by atoms with Gasteiger partial charge < -0.3 is 5.32 Å². The summed E-state index contributed by atoms with van der Waals surface area (Å²) in [6, 6.07) is 15.6. The Balaban J connectivity index is 1.87. The number of rotatable bonds is 2. The van der Waals surface area contributed by atoms with E-state index >= 15 is 0 Å². The lowest BCUT2D eigenvalue weighted by molar-refractivity contribution is 0.102.